The maximum atomic E-state index is 5.08. The van der Waals surface area contributed by atoms with Gasteiger partial charge in [-0.1, -0.05) is 0 Å². The number of hydrogen-bond donors (Lipinski definition) is 1. The highest BCUT2D eigenvalue weighted by molar-refractivity contribution is 4.96. The lowest BCUT2D eigenvalue weighted by atomic mass is 10.1. The SMILES string of the molecule is C#CCC(CC#C)NC. The van der Waals surface area contributed by atoms with Crippen molar-refractivity contribution in [2.75, 3.05) is 7.05 Å². The highest BCUT2D eigenvalue weighted by Crippen LogP contribution is 1.92. The second-order valence-electron chi connectivity index (χ2n) is 1.80. The Morgan fingerprint density at radius 1 is 1.33 bits per heavy atom. The van der Waals surface area contributed by atoms with Gasteiger partial charge >= 0.3 is 0 Å². The third kappa shape index (κ3) is 3.64. The Morgan fingerprint density at radius 3 is 2.00 bits per heavy atom. The van der Waals surface area contributed by atoms with Crippen LogP contribution in [0.2, 0.25) is 0 Å². The quantitative estimate of drug-likeness (QED) is 0.540. The summed E-state index contributed by atoms with van der Waals surface area (Å²) in [5.41, 5.74) is 0. The van der Waals surface area contributed by atoms with Gasteiger partial charge in [-0.3, -0.25) is 0 Å². The Morgan fingerprint density at radius 2 is 1.78 bits per heavy atom. The minimum absolute atomic E-state index is 0.292. The summed E-state index contributed by atoms with van der Waals surface area (Å²) in [6, 6.07) is 0.292. The molecule has 0 fully saturated rings. The molecule has 0 radical (unpaired) electrons. The lowest BCUT2D eigenvalue weighted by Crippen LogP contribution is -2.23. The van der Waals surface area contributed by atoms with E-state index in [1.54, 1.807) is 0 Å². The van der Waals surface area contributed by atoms with Gasteiger partial charge < -0.3 is 5.32 Å². The first-order valence-corrected chi connectivity index (χ1v) is 2.89. The number of terminal acetylenes is 2. The minimum Gasteiger partial charge on any atom is -0.315 e. The largest absolute Gasteiger partial charge is 0.315 e. The first-order valence-electron chi connectivity index (χ1n) is 2.89. The first-order chi connectivity index (χ1) is 4.35. The van der Waals surface area contributed by atoms with Crippen molar-refractivity contribution < 1.29 is 0 Å². The van der Waals surface area contributed by atoms with Crippen molar-refractivity contribution in [1.29, 1.82) is 0 Å². The van der Waals surface area contributed by atoms with Crippen molar-refractivity contribution in [3.8, 4) is 24.7 Å². The van der Waals surface area contributed by atoms with Gasteiger partial charge in [-0.05, 0) is 7.05 Å². The molecule has 0 amide bonds. The zero-order valence-corrected chi connectivity index (χ0v) is 5.65. The van der Waals surface area contributed by atoms with Crippen LogP contribution in [0, 0.1) is 24.7 Å². The predicted octanol–water partition coefficient (Wildman–Crippen LogP) is 0.621. The van der Waals surface area contributed by atoms with Gasteiger partial charge in [0.15, 0.2) is 0 Å². The van der Waals surface area contributed by atoms with Crippen LogP contribution in [-0.4, -0.2) is 13.1 Å². The lowest BCUT2D eigenvalue weighted by Gasteiger charge is -2.07. The average molecular weight is 121 g/mol. The molecular weight excluding hydrogens is 110 g/mol. The summed E-state index contributed by atoms with van der Waals surface area (Å²) in [7, 11) is 1.86. The molecule has 0 rings (SSSR count). The number of nitrogens with one attached hydrogen (secondary N) is 1. The van der Waals surface area contributed by atoms with E-state index in [9.17, 15) is 0 Å². The molecule has 0 saturated heterocycles. The third-order valence-electron chi connectivity index (χ3n) is 1.14. The molecule has 0 saturated carbocycles. The van der Waals surface area contributed by atoms with E-state index in [1.807, 2.05) is 7.05 Å². The molecule has 0 aliphatic carbocycles. The van der Waals surface area contributed by atoms with E-state index in [0.717, 1.165) is 0 Å². The van der Waals surface area contributed by atoms with Crippen LogP contribution in [0.5, 0.6) is 0 Å². The van der Waals surface area contributed by atoms with Crippen molar-refractivity contribution in [3.63, 3.8) is 0 Å². The van der Waals surface area contributed by atoms with Crippen LogP contribution < -0.4 is 5.32 Å². The summed E-state index contributed by atoms with van der Waals surface area (Å²) in [6.45, 7) is 0. The fourth-order valence-corrected chi connectivity index (χ4v) is 0.561. The van der Waals surface area contributed by atoms with E-state index in [2.05, 4.69) is 17.2 Å². The smallest absolute Gasteiger partial charge is 0.0283 e. The molecular formula is C8H11N. The molecule has 0 aliphatic heterocycles. The van der Waals surface area contributed by atoms with E-state index >= 15 is 0 Å². The monoisotopic (exact) mass is 121 g/mol. The molecule has 0 aliphatic rings. The van der Waals surface area contributed by atoms with Crippen LogP contribution >= 0.6 is 0 Å². The van der Waals surface area contributed by atoms with Gasteiger partial charge in [-0.25, -0.2) is 0 Å². The summed E-state index contributed by atoms with van der Waals surface area (Å²) >= 11 is 0. The predicted molar refractivity (Wildman–Crippen MR) is 39.7 cm³/mol. The highest BCUT2D eigenvalue weighted by Gasteiger charge is 1.98. The normalized spacial score (nSPS) is 8.44. The zero-order valence-electron chi connectivity index (χ0n) is 5.65. The van der Waals surface area contributed by atoms with E-state index < -0.39 is 0 Å². The van der Waals surface area contributed by atoms with E-state index in [-0.39, 0.29) is 0 Å². The standard InChI is InChI=1S/C8H11N/c1-4-6-8(9-3)7-5-2/h1-2,8-9H,6-7H2,3H3. The average Bonchev–Trinajstić information content (AvgIpc) is 1.88. The fraction of sp³-hybridized carbons (Fsp3) is 0.500. The molecule has 1 N–H and O–H groups in total. The van der Waals surface area contributed by atoms with Gasteiger partial charge in [0, 0.05) is 18.9 Å². The van der Waals surface area contributed by atoms with Crippen molar-refractivity contribution >= 4 is 0 Å². The molecule has 48 valence electrons. The highest BCUT2D eigenvalue weighted by atomic mass is 14.9. The maximum Gasteiger partial charge on any atom is 0.0283 e. The van der Waals surface area contributed by atoms with Gasteiger partial charge in [0.2, 0.25) is 0 Å². The molecule has 0 atom stereocenters. The molecule has 0 bridgehead atoms. The van der Waals surface area contributed by atoms with Crippen molar-refractivity contribution in [2.45, 2.75) is 18.9 Å². The minimum atomic E-state index is 0.292. The van der Waals surface area contributed by atoms with Crippen LogP contribution in [0.25, 0.3) is 0 Å². The number of rotatable bonds is 3. The Hall–Kier alpha value is -0.920. The van der Waals surface area contributed by atoms with Crippen molar-refractivity contribution in [1.82, 2.24) is 5.32 Å². The topological polar surface area (TPSA) is 12.0 Å². The van der Waals surface area contributed by atoms with Crippen LogP contribution in [0.1, 0.15) is 12.8 Å². The fourth-order valence-electron chi connectivity index (χ4n) is 0.561. The molecule has 0 aromatic rings. The zero-order chi connectivity index (χ0) is 7.11. The van der Waals surface area contributed by atoms with Crippen LogP contribution in [0.4, 0.5) is 0 Å². The van der Waals surface area contributed by atoms with E-state index in [0.29, 0.717) is 18.9 Å². The van der Waals surface area contributed by atoms with E-state index in [1.165, 1.54) is 0 Å². The Labute approximate surface area is 56.8 Å². The van der Waals surface area contributed by atoms with Crippen molar-refractivity contribution in [2.24, 2.45) is 0 Å². The Bertz CT molecular complexity index is 120. The molecule has 0 heterocycles. The third-order valence-corrected chi connectivity index (χ3v) is 1.14. The number of hydrogen-bond acceptors (Lipinski definition) is 1. The van der Waals surface area contributed by atoms with Crippen LogP contribution in [0.3, 0.4) is 0 Å². The summed E-state index contributed by atoms with van der Waals surface area (Å²) in [5.74, 6) is 5.09. The van der Waals surface area contributed by atoms with Crippen LogP contribution in [0.15, 0.2) is 0 Å². The second-order valence-corrected chi connectivity index (χ2v) is 1.80. The lowest BCUT2D eigenvalue weighted by molar-refractivity contribution is 0.591. The molecule has 0 unspecified atom stereocenters. The van der Waals surface area contributed by atoms with Crippen LogP contribution in [-0.2, 0) is 0 Å². The molecule has 1 nitrogen and oxygen atoms in total. The molecule has 0 spiro atoms. The maximum absolute atomic E-state index is 5.08. The van der Waals surface area contributed by atoms with Gasteiger partial charge in [0.1, 0.15) is 0 Å². The second kappa shape index (κ2) is 5.22. The Kier molecular flexibility index (Phi) is 4.69. The first kappa shape index (κ1) is 8.08. The summed E-state index contributed by atoms with van der Waals surface area (Å²) in [6.07, 6.45) is 11.6. The molecule has 0 aromatic heterocycles. The Balaban J connectivity index is 3.47. The van der Waals surface area contributed by atoms with Crippen molar-refractivity contribution in [3.05, 3.63) is 0 Å². The van der Waals surface area contributed by atoms with Gasteiger partial charge in [-0.2, -0.15) is 0 Å². The summed E-state index contributed by atoms with van der Waals surface area (Å²) in [4.78, 5) is 0. The molecule has 9 heavy (non-hydrogen) atoms. The summed E-state index contributed by atoms with van der Waals surface area (Å²) in [5, 5.41) is 3.02. The van der Waals surface area contributed by atoms with Gasteiger partial charge in [-0.15, -0.1) is 24.7 Å². The summed E-state index contributed by atoms with van der Waals surface area (Å²) < 4.78 is 0. The molecule has 0 aromatic carbocycles. The van der Waals surface area contributed by atoms with Gasteiger partial charge in [0.25, 0.3) is 0 Å². The van der Waals surface area contributed by atoms with E-state index in [4.69, 9.17) is 12.8 Å². The molecule has 1 heteroatoms. The van der Waals surface area contributed by atoms with Gasteiger partial charge in [0.05, 0.1) is 0 Å².